The van der Waals surface area contributed by atoms with E-state index in [4.69, 9.17) is 10.8 Å². The molecule has 2 N–H and O–H groups in total. The van der Waals surface area contributed by atoms with Gasteiger partial charge in [-0.2, -0.15) is 9.61 Å². The summed E-state index contributed by atoms with van der Waals surface area (Å²) in [4.78, 5) is 0.904. The van der Waals surface area contributed by atoms with Gasteiger partial charge in [0.25, 0.3) is 0 Å². The Bertz CT molecular complexity index is 560. The maximum Gasteiger partial charge on any atom is 0.234 e. The number of aromatic nitrogens is 4. The smallest absolute Gasteiger partial charge is 0.234 e. The van der Waals surface area contributed by atoms with Crippen molar-refractivity contribution in [3.63, 3.8) is 0 Å². The second-order valence-corrected chi connectivity index (χ2v) is 7.78. The van der Waals surface area contributed by atoms with Crippen LogP contribution in [0.1, 0.15) is 64.2 Å². The Morgan fingerprint density at radius 3 is 2.57 bits per heavy atom. The van der Waals surface area contributed by atoms with Crippen molar-refractivity contribution in [1.29, 1.82) is 0 Å². The van der Waals surface area contributed by atoms with Crippen molar-refractivity contribution in [3.8, 4) is 0 Å². The molecule has 0 spiro atoms. The fourth-order valence-corrected chi connectivity index (χ4v) is 3.48. The molecule has 0 aliphatic carbocycles. The van der Waals surface area contributed by atoms with Crippen molar-refractivity contribution in [2.45, 2.75) is 65.2 Å². The largest absolute Gasteiger partial charge is 0.330 e. The molecule has 5 nitrogen and oxygen atoms in total. The zero-order valence-electron chi connectivity index (χ0n) is 13.6. The van der Waals surface area contributed by atoms with Crippen LogP contribution in [0.4, 0.5) is 0 Å². The molecule has 0 bridgehead atoms. The van der Waals surface area contributed by atoms with E-state index in [1.165, 1.54) is 19.3 Å². The van der Waals surface area contributed by atoms with Crippen molar-refractivity contribution in [1.82, 2.24) is 19.8 Å². The molecule has 118 valence electrons. The number of aryl methyl sites for hydroxylation is 1. The summed E-state index contributed by atoms with van der Waals surface area (Å²) in [6, 6.07) is 0. The summed E-state index contributed by atoms with van der Waals surface area (Å²) in [5.41, 5.74) is 5.67. The predicted octanol–water partition coefficient (Wildman–Crippen LogP) is 3.18. The van der Waals surface area contributed by atoms with E-state index in [9.17, 15) is 0 Å². The first-order valence-corrected chi connectivity index (χ1v) is 8.69. The third kappa shape index (κ3) is 4.01. The summed E-state index contributed by atoms with van der Waals surface area (Å²) in [5, 5.41) is 14.4. The minimum atomic E-state index is -0.0327. The topological polar surface area (TPSA) is 69.1 Å². The fourth-order valence-electron chi connectivity index (χ4n) is 2.63. The highest BCUT2D eigenvalue weighted by Gasteiger charge is 2.23. The molecule has 21 heavy (non-hydrogen) atoms. The summed E-state index contributed by atoms with van der Waals surface area (Å²) in [5.74, 6) is 1.66. The lowest BCUT2D eigenvalue weighted by Crippen LogP contribution is -2.16. The van der Waals surface area contributed by atoms with Crippen LogP contribution in [-0.2, 0) is 11.8 Å². The zero-order chi connectivity index (χ0) is 15.5. The minimum absolute atomic E-state index is 0.0327. The molecule has 1 unspecified atom stereocenters. The molecule has 0 aromatic carbocycles. The molecule has 0 saturated heterocycles. The first-order valence-electron chi connectivity index (χ1n) is 7.87. The molecule has 2 rings (SSSR count). The van der Waals surface area contributed by atoms with E-state index in [1.54, 1.807) is 11.3 Å². The molecule has 2 heterocycles. The Balaban J connectivity index is 2.07. The lowest BCUT2D eigenvalue weighted by Gasteiger charge is -2.14. The van der Waals surface area contributed by atoms with Gasteiger partial charge in [0, 0.05) is 11.8 Å². The van der Waals surface area contributed by atoms with Crippen LogP contribution in [0.2, 0.25) is 0 Å². The average Bonchev–Trinajstić information content (AvgIpc) is 2.94. The van der Waals surface area contributed by atoms with Crippen molar-refractivity contribution in [2.24, 2.45) is 11.7 Å². The van der Waals surface area contributed by atoms with Crippen LogP contribution in [0, 0.1) is 5.92 Å². The Kier molecular flexibility index (Phi) is 5.32. The number of hydrogen-bond acceptors (Lipinski definition) is 5. The number of fused-ring (bicyclic) bond motifs is 1. The molecule has 0 aliphatic rings. The summed E-state index contributed by atoms with van der Waals surface area (Å²) in [7, 11) is 0. The van der Waals surface area contributed by atoms with Crippen LogP contribution < -0.4 is 5.73 Å². The normalized spacial score (nSPS) is 14.0. The van der Waals surface area contributed by atoms with Crippen LogP contribution in [-0.4, -0.2) is 26.4 Å². The third-order valence-corrected chi connectivity index (χ3v) is 4.70. The van der Waals surface area contributed by atoms with Crippen molar-refractivity contribution < 1.29 is 0 Å². The molecule has 2 aromatic rings. The van der Waals surface area contributed by atoms with Crippen LogP contribution in [0.5, 0.6) is 0 Å². The first-order chi connectivity index (χ1) is 9.95. The quantitative estimate of drug-likeness (QED) is 0.853. The van der Waals surface area contributed by atoms with Gasteiger partial charge in [-0.05, 0) is 25.3 Å². The van der Waals surface area contributed by atoms with Gasteiger partial charge in [-0.15, -0.1) is 10.2 Å². The number of nitrogens with two attached hydrogens (primary N) is 1. The van der Waals surface area contributed by atoms with Gasteiger partial charge in [0.2, 0.25) is 4.96 Å². The Morgan fingerprint density at radius 1 is 1.19 bits per heavy atom. The zero-order valence-corrected chi connectivity index (χ0v) is 14.4. The Morgan fingerprint density at radius 2 is 1.95 bits per heavy atom. The summed E-state index contributed by atoms with van der Waals surface area (Å²) in [6.07, 6.45) is 5.78. The second-order valence-electron chi connectivity index (χ2n) is 6.73. The number of rotatable bonds is 7. The maximum absolute atomic E-state index is 5.71. The summed E-state index contributed by atoms with van der Waals surface area (Å²) in [6.45, 7) is 9.44. The Hall–Kier alpha value is -1.01. The predicted molar refractivity (Wildman–Crippen MR) is 87.7 cm³/mol. The highest BCUT2D eigenvalue weighted by atomic mass is 32.1. The standard InChI is InChI=1S/C15H27N5S/c1-5-6-11(9-10-16)7-8-12-19-20-13(15(2,3)4)17-18-14(20)21-12/h11H,5-10,16H2,1-4H3. The van der Waals surface area contributed by atoms with E-state index >= 15 is 0 Å². The summed E-state index contributed by atoms with van der Waals surface area (Å²) < 4.78 is 1.91. The maximum atomic E-state index is 5.71. The molecule has 0 amide bonds. The van der Waals surface area contributed by atoms with Gasteiger partial charge in [-0.3, -0.25) is 0 Å². The van der Waals surface area contributed by atoms with Crippen molar-refractivity contribution >= 4 is 16.3 Å². The van der Waals surface area contributed by atoms with E-state index in [2.05, 4.69) is 37.9 Å². The van der Waals surface area contributed by atoms with E-state index in [-0.39, 0.29) is 5.41 Å². The summed E-state index contributed by atoms with van der Waals surface area (Å²) >= 11 is 1.66. The molecule has 1 atom stereocenters. The van der Waals surface area contributed by atoms with E-state index in [1.807, 2.05) is 4.52 Å². The van der Waals surface area contributed by atoms with E-state index < -0.39 is 0 Å². The number of hydrogen-bond donors (Lipinski definition) is 1. The molecular formula is C15H27N5S. The molecule has 0 aliphatic heterocycles. The molecule has 0 radical (unpaired) electrons. The van der Waals surface area contributed by atoms with Crippen LogP contribution in [0.15, 0.2) is 0 Å². The van der Waals surface area contributed by atoms with Crippen LogP contribution in [0.25, 0.3) is 4.96 Å². The molecule has 0 fully saturated rings. The lowest BCUT2D eigenvalue weighted by molar-refractivity contribution is 0.420. The van der Waals surface area contributed by atoms with Crippen molar-refractivity contribution in [3.05, 3.63) is 10.8 Å². The van der Waals surface area contributed by atoms with E-state index in [0.29, 0.717) is 0 Å². The molecular weight excluding hydrogens is 282 g/mol. The lowest BCUT2D eigenvalue weighted by atomic mass is 9.95. The average molecular weight is 309 g/mol. The molecule has 2 aromatic heterocycles. The fraction of sp³-hybridized carbons (Fsp3) is 0.800. The first kappa shape index (κ1) is 16.4. The van der Waals surface area contributed by atoms with E-state index in [0.717, 1.165) is 41.1 Å². The van der Waals surface area contributed by atoms with Gasteiger partial charge in [0.05, 0.1) is 0 Å². The highest BCUT2D eigenvalue weighted by molar-refractivity contribution is 7.16. The Labute approximate surface area is 131 Å². The second kappa shape index (κ2) is 6.83. The molecule has 0 saturated carbocycles. The SMILES string of the molecule is CCCC(CCN)CCc1nn2c(C(C)(C)C)nnc2s1. The molecule has 6 heteroatoms. The minimum Gasteiger partial charge on any atom is -0.330 e. The van der Waals surface area contributed by atoms with Gasteiger partial charge in [0.15, 0.2) is 5.82 Å². The monoisotopic (exact) mass is 309 g/mol. The van der Waals surface area contributed by atoms with Crippen LogP contribution in [0.3, 0.4) is 0 Å². The number of nitrogens with zero attached hydrogens (tertiary/aromatic N) is 4. The third-order valence-electron chi connectivity index (χ3n) is 3.74. The van der Waals surface area contributed by atoms with Gasteiger partial charge in [-0.1, -0.05) is 51.9 Å². The van der Waals surface area contributed by atoms with Gasteiger partial charge in [0.1, 0.15) is 5.01 Å². The highest BCUT2D eigenvalue weighted by Crippen LogP contribution is 2.25. The van der Waals surface area contributed by atoms with Crippen LogP contribution >= 0.6 is 11.3 Å². The van der Waals surface area contributed by atoms with Crippen molar-refractivity contribution in [2.75, 3.05) is 6.54 Å². The van der Waals surface area contributed by atoms with Gasteiger partial charge < -0.3 is 5.73 Å². The van der Waals surface area contributed by atoms with Gasteiger partial charge >= 0.3 is 0 Å². The van der Waals surface area contributed by atoms with Gasteiger partial charge in [-0.25, -0.2) is 0 Å².